The SMILES string of the molecule is C=C(C)[C@@H]1CC[C@@]2(C)C1C1CCC3[C@@](C)(C(=O)O)C(C(C)(C)C(=O)O)CC[C@@]3(C)[C@]1(C)C[C@@H]2O. The van der Waals surface area contributed by atoms with Crippen LogP contribution in [0.1, 0.15) is 93.4 Å². The van der Waals surface area contributed by atoms with Crippen molar-refractivity contribution >= 4 is 11.9 Å². The van der Waals surface area contributed by atoms with Crippen molar-refractivity contribution in [1.82, 2.24) is 0 Å². The monoisotopic (exact) mass is 474 g/mol. The van der Waals surface area contributed by atoms with Crippen LogP contribution in [0.2, 0.25) is 0 Å². The van der Waals surface area contributed by atoms with Crippen molar-refractivity contribution in [3.8, 4) is 0 Å². The quantitative estimate of drug-likeness (QED) is 0.434. The zero-order valence-electron chi connectivity index (χ0n) is 22.3. The second-order valence-electron chi connectivity index (χ2n) is 14.0. The van der Waals surface area contributed by atoms with Crippen LogP contribution >= 0.6 is 0 Å². The van der Waals surface area contributed by atoms with Crippen LogP contribution in [0, 0.1) is 56.7 Å². The highest BCUT2D eigenvalue weighted by atomic mass is 16.4. The summed E-state index contributed by atoms with van der Waals surface area (Å²) in [5.74, 6) is -1.19. The van der Waals surface area contributed by atoms with E-state index in [2.05, 4.69) is 34.3 Å². The summed E-state index contributed by atoms with van der Waals surface area (Å²) in [4.78, 5) is 25.2. The molecule has 0 aromatic heterocycles. The molecule has 0 aromatic carbocycles. The van der Waals surface area contributed by atoms with E-state index in [0.29, 0.717) is 30.6 Å². The maximum Gasteiger partial charge on any atom is 0.309 e. The van der Waals surface area contributed by atoms with Crippen molar-refractivity contribution in [2.24, 2.45) is 56.7 Å². The van der Waals surface area contributed by atoms with Gasteiger partial charge in [0.25, 0.3) is 0 Å². The molecule has 0 saturated heterocycles. The molecule has 192 valence electrons. The lowest BCUT2D eigenvalue weighted by molar-refractivity contribution is -0.248. The number of aliphatic hydroxyl groups is 1. The van der Waals surface area contributed by atoms with Gasteiger partial charge in [-0.05, 0) is 118 Å². The molecule has 4 rings (SSSR count). The Kier molecular flexibility index (Phi) is 5.73. The van der Waals surface area contributed by atoms with Gasteiger partial charge in [0.15, 0.2) is 0 Å². The van der Waals surface area contributed by atoms with Crippen LogP contribution < -0.4 is 0 Å². The lowest BCUT2D eigenvalue weighted by Gasteiger charge is -2.71. The summed E-state index contributed by atoms with van der Waals surface area (Å²) in [7, 11) is 0. The highest BCUT2D eigenvalue weighted by Crippen LogP contribution is 2.76. The minimum absolute atomic E-state index is 0.115. The van der Waals surface area contributed by atoms with Gasteiger partial charge in [0.1, 0.15) is 0 Å². The first-order chi connectivity index (χ1) is 15.5. The van der Waals surface area contributed by atoms with Crippen molar-refractivity contribution in [1.29, 1.82) is 0 Å². The fraction of sp³-hybridized carbons (Fsp3) is 0.862. The molecule has 0 radical (unpaired) electrons. The van der Waals surface area contributed by atoms with Gasteiger partial charge < -0.3 is 15.3 Å². The predicted octanol–water partition coefficient (Wildman–Crippen LogP) is 6.01. The number of rotatable bonds is 4. The standard InChI is InChI=1S/C29H46O5/c1-16(2)17-11-13-26(5)21(30)15-28(7)18(22(17)26)9-10-20-27(28,6)14-12-19(25(3,4)23(31)32)29(20,8)24(33)34/h17-22,30H,1,9-15H2,2-8H3,(H,31,32)(H,33,34)/t17-,18?,19?,20?,21-,22?,26+,27+,28+,29-/m0/s1. The molecule has 4 fully saturated rings. The first-order valence-corrected chi connectivity index (χ1v) is 13.3. The van der Waals surface area contributed by atoms with E-state index in [0.717, 1.165) is 32.1 Å². The Morgan fingerprint density at radius 1 is 0.941 bits per heavy atom. The van der Waals surface area contributed by atoms with Gasteiger partial charge in [0, 0.05) is 0 Å². The lowest BCUT2D eigenvalue weighted by atomic mass is 9.33. The molecular weight excluding hydrogens is 428 g/mol. The van der Waals surface area contributed by atoms with Crippen molar-refractivity contribution in [2.75, 3.05) is 0 Å². The Bertz CT molecular complexity index is 908. The van der Waals surface area contributed by atoms with E-state index >= 15 is 0 Å². The zero-order valence-corrected chi connectivity index (χ0v) is 22.3. The lowest BCUT2D eigenvalue weighted by Crippen LogP contribution is -2.68. The smallest absolute Gasteiger partial charge is 0.309 e. The number of fused-ring (bicyclic) bond motifs is 5. The first kappa shape index (κ1) is 25.7. The molecule has 4 saturated carbocycles. The molecule has 5 heteroatoms. The van der Waals surface area contributed by atoms with E-state index in [4.69, 9.17) is 0 Å². The highest BCUT2D eigenvalue weighted by molar-refractivity contribution is 5.80. The molecule has 0 aliphatic heterocycles. The minimum Gasteiger partial charge on any atom is -0.481 e. The third kappa shape index (κ3) is 2.94. The molecule has 4 aliphatic rings. The predicted molar refractivity (Wildman–Crippen MR) is 132 cm³/mol. The third-order valence-electron chi connectivity index (χ3n) is 12.6. The fourth-order valence-corrected chi connectivity index (χ4v) is 10.3. The van der Waals surface area contributed by atoms with Crippen LogP contribution in [-0.2, 0) is 9.59 Å². The zero-order chi connectivity index (χ0) is 25.6. The molecular formula is C29H46O5. The number of hydrogen-bond acceptors (Lipinski definition) is 3. The minimum atomic E-state index is -1.13. The van der Waals surface area contributed by atoms with Crippen LogP contribution in [-0.4, -0.2) is 33.4 Å². The molecule has 0 bridgehead atoms. The first-order valence-electron chi connectivity index (χ1n) is 13.3. The average Bonchev–Trinajstić information content (AvgIpc) is 3.08. The number of aliphatic hydroxyl groups excluding tert-OH is 1. The van der Waals surface area contributed by atoms with Crippen LogP contribution in [0.3, 0.4) is 0 Å². The second-order valence-corrected chi connectivity index (χ2v) is 14.0. The Balaban J connectivity index is 1.83. The third-order valence-corrected chi connectivity index (χ3v) is 12.6. The largest absolute Gasteiger partial charge is 0.481 e. The summed E-state index contributed by atoms with van der Waals surface area (Å²) >= 11 is 0. The van der Waals surface area contributed by atoms with Gasteiger partial charge in [-0.2, -0.15) is 0 Å². The van der Waals surface area contributed by atoms with Gasteiger partial charge in [-0.3, -0.25) is 9.59 Å². The molecule has 3 N–H and O–H groups in total. The van der Waals surface area contributed by atoms with Crippen molar-refractivity contribution in [3.05, 3.63) is 12.2 Å². The second kappa shape index (κ2) is 7.57. The van der Waals surface area contributed by atoms with Gasteiger partial charge in [-0.15, -0.1) is 0 Å². The molecule has 34 heavy (non-hydrogen) atoms. The fourth-order valence-electron chi connectivity index (χ4n) is 10.3. The number of aliphatic carboxylic acids is 2. The number of allylic oxidation sites excluding steroid dienone is 1. The Labute approximate surface area is 205 Å². The van der Waals surface area contributed by atoms with E-state index in [9.17, 15) is 24.9 Å². The van der Waals surface area contributed by atoms with Crippen LogP contribution in [0.5, 0.6) is 0 Å². The number of carbonyl (C=O) groups is 2. The summed E-state index contributed by atoms with van der Waals surface area (Å²) in [5, 5.41) is 32.3. The van der Waals surface area contributed by atoms with Crippen molar-refractivity contribution in [3.63, 3.8) is 0 Å². The van der Waals surface area contributed by atoms with Crippen LogP contribution in [0.4, 0.5) is 0 Å². The van der Waals surface area contributed by atoms with Crippen LogP contribution in [0.15, 0.2) is 12.2 Å². The molecule has 4 unspecified atom stereocenters. The number of hydrogen-bond donors (Lipinski definition) is 3. The topological polar surface area (TPSA) is 94.8 Å². The molecule has 0 spiro atoms. The van der Waals surface area contributed by atoms with Gasteiger partial charge >= 0.3 is 11.9 Å². The Hall–Kier alpha value is -1.36. The van der Waals surface area contributed by atoms with E-state index in [1.807, 2.05) is 6.92 Å². The number of carboxylic acids is 2. The van der Waals surface area contributed by atoms with Gasteiger partial charge in [0.05, 0.1) is 16.9 Å². The highest BCUT2D eigenvalue weighted by Gasteiger charge is 2.72. The molecule has 0 amide bonds. The summed E-state index contributed by atoms with van der Waals surface area (Å²) in [5.41, 5.74) is -1.63. The summed E-state index contributed by atoms with van der Waals surface area (Å²) in [6.07, 6.45) is 5.51. The van der Waals surface area contributed by atoms with Crippen molar-refractivity contribution < 1.29 is 24.9 Å². The maximum atomic E-state index is 13.0. The molecule has 0 aromatic rings. The Morgan fingerprint density at radius 3 is 2.09 bits per heavy atom. The molecule has 4 aliphatic carbocycles. The van der Waals surface area contributed by atoms with E-state index in [-0.39, 0.29) is 22.2 Å². The van der Waals surface area contributed by atoms with E-state index < -0.39 is 34.8 Å². The average molecular weight is 475 g/mol. The maximum absolute atomic E-state index is 13.0. The van der Waals surface area contributed by atoms with Gasteiger partial charge in [0.2, 0.25) is 0 Å². The van der Waals surface area contributed by atoms with Gasteiger partial charge in [-0.25, -0.2) is 0 Å². The van der Waals surface area contributed by atoms with E-state index in [1.165, 1.54) is 5.57 Å². The summed E-state index contributed by atoms with van der Waals surface area (Å²) < 4.78 is 0. The normalized spacial score (nSPS) is 50.6. The summed E-state index contributed by atoms with van der Waals surface area (Å²) in [6, 6.07) is 0. The summed E-state index contributed by atoms with van der Waals surface area (Å²) in [6.45, 7) is 18.5. The van der Waals surface area contributed by atoms with E-state index in [1.54, 1.807) is 13.8 Å². The number of carboxylic acid groups (broad SMARTS) is 2. The van der Waals surface area contributed by atoms with Crippen LogP contribution in [0.25, 0.3) is 0 Å². The molecule has 5 nitrogen and oxygen atoms in total. The molecule has 0 heterocycles. The van der Waals surface area contributed by atoms with Crippen molar-refractivity contribution in [2.45, 2.75) is 99.5 Å². The Morgan fingerprint density at radius 2 is 1.56 bits per heavy atom. The van der Waals surface area contributed by atoms with Gasteiger partial charge in [-0.1, -0.05) is 32.9 Å². The molecule has 10 atom stereocenters.